The van der Waals surface area contributed by atoms with E-state index in [9.17, 15) is 4.79 Å². The van der Waals surface area contributed by atoms with Gasteiger partial charge in [0.1, 0.15) is 0 Å². The molecule has 3 N–H and O–H groups in total. The van der Waals surface area contributed by atoms with E-state index >= 15 is 0 Å². The molecule has 0 saturated carbocycles. The summed E-state index contributed by atoms with van der Waals surface area (Å²) >= 11 is 0. The SMILES string of the molecule is COc1c(NC2CCCNC2C)nc[nH]c1=O. The fourth-order valence-corrected chi connectivity index (χ4v) is 2.10. The summed E-state index contributed by atoms with van der Waals surface area (Å²) in [6, 6.07) is 0.626. The van der Waals surface area contributed by atoms with Crippen LogP contribution in [0.2, 0.25) is 0 Å². The topological polar surface area (TPSA) is 79.0 Å². The molecule has 1 saturated heterocycles. The number of rotatable bonds is 3. The van der Waals surface area contributed by atoms with Gasteiger partial charge in [-0.3, -0.25) is 4.79 Å². The van der Waals surface area contributed by atoms with E-state index in [1.54, 1.807) is 0 Å². The Hall–Kier alpha value is -1.56. The third kappa shape index (κ3) is 2.58. The van der Waals surface area contributed by atoms with Crippen molar-refractivity contribution in [2.45, 2.75) is 31.8 Å². The highest BCUT2D eigenvalue weighted by Gasteiger charge is 2.22. The number of piperidine rings is 1. The maximum absolute atomic E-state index is 11.5. The first-order chi connectivity index (χ1) is 8.22. The van der Waals surface area contributed by atoms with Gasteiger partial charge in [0.05, 0.1) is 13.4 Å². The normalized spacial score (nSPS) is 24.4. The van der Waals surface area contributed by atoms with Crippen LogP contribution < -0.4 is 20.9 Å². The molecule has 6 heteroatoms. The summed E-state index contributed by atoms with van der Waals surface area (Å²) < 4.78 is 5.06. The summed E-state index contributed by atoms with van der Waals surface area (Å²) in [5.74, 6) is 0.752. The Balaban J connectivity index is 2.17. The zero-order valence-electron chi connectivity index (χ0n) is 10.1. The first-order valence-corrected chi connectivity index (χ1v) is 5.84. The number of hydrogen-bond donors (Lipinski definition) is 3. The van der Waals surface area contributed by atoms with Gasteiger partial charge in [0.2, 0.25) is 5.75 Å². The summed E-state index contributed by atoms with van der Waals surface area (Å²) in [5, 5.41) is 6.66. The van der Waals surface area contributed by atoms with E-state index < -0.39 is 0 Å². The van der Waals surface area contributed by atoms with E-state index in [-0.39, 0.29) is 17.4 Å². The summed E-state index contributed by atoms with van der Waals surface area (Å²) in [6.07, 6.45) is 3.56. The number of hydrogen-bond acceptors (Lipinski definition) is 5. The van der Waals surface area contributed by atoms with E-state index in [2.05, 4.69) is 27.5 Å². The van der Waals surface area contributed by atoms with Crippen LogP contribution in [0.1, 0.15) is 19.8 Å². The van der Waals surface area contributed by atoms with Crippen molar-refractivity contribution in [1.29, 1.82) is 0 Å². The second kappa shape index (κ2) is 5.18. The number of nitrogens with zero attached hydrogens (tertiary/aromatic N) is 1. The third-order valence-electron chi connectivity index (χ3n) is 3.10. The van der Waals surface area contributed by atoms with Crippen LogP contribution >= 0.6 is 0 Å². The first-order valence-electron chi connectivity index (χ1n) is 5.84. The average molecular weight is 238 g/mol. The molecule has 2 heterocycles. The van der Waals surface area contributed by atoms with Crippen molar-refractivity contribution in [1.82, 2.24) is 15.3 Å². The molecule has 0 aliphatic carbocycles. The van der Waals surface area contributed by atoms with Crippen LogP contribution in [0, 0.1) is 0 Å². The van der Waals surface area contributed by atoms with Gasteiger partial charge in [0.25, 0.3) is 5.56 Å². The molecular weight excluding hydrogens is 220 g/mol. The van der Waals surface area contributed by atoms with Gasteiger partial charge in [-0.25, -0.2) is 4.98 Å². The number of anilines is 1. The molecule has 0 bridgehead atoms. The zero-order chi connectivity index (χ0) is 12.3. The monoisotopic (exact) mass is 238 g/mol. The largest absolute Gasteiger partial charge is 0.489 e. The van der Waals surface area contributed by atoms with Crippen LogP contribution in [-0.4, -0.2) is 35.7 Å². The highest BCUT2D eigenvalue weighted by Crippen LogP contribution is 2.19. The van der Waals surface area contributed by atoms with E-state index in [1.807, 2.05) is 0 Å². The van der Waals surface area contributed by atoms with Crippen molar-refractivity contribution in [2.75, 3.05) is 19.0 Å². The second-order valence-corrected chi connectivity index (χ2v) is 4.25. The van der Waals surface area contributed by atoms with Gasteiger partial charge < -0.3 is 20.4 Å². The summed E-state index contributed by atoms with van der Waals surface area (Å²) in [5.41, 5.74) is -0.263. The molecule has 2 rings (SSSR count). The van der Waals surface area contributed by atoms with Crippen molar-refractivity contribution >= 4 is 5.82 Å². The Bertz CT molecular complexity index is 432. The Labute approximate surface area is 99.8 Å². The number of methoxy groups -OCH3 is 1. The van der Waals surface area contributed by atoms with Crippen LogP contribution in [0.15, 0.2) is 11.1 Å². The minimum atomic E-state index is -0.263. The van der Waals surface area contributed by atoms with Crippen LogP contribution in [-0.2, 0) is 0 Å². The Morgan fingerprint density at radius 2 is 2.41 bits per heavy atom. The number of nitrogens with one attached hydrogen (secondary N) is 3. The lowest BCUT2D eigenvalue weighted by Crippen LogP contribution is -2.46. The van der Waals surface area contributed by atoms with Crippen molar-refractivity contribution in [3.63, 3.8) is 0 Å². The quantitative estimate of drug-likeness (QED) is 0.707. The average Bonchev–Trinajstić information content (AvgIpc) is 2.32. The van der Waals surface area contributed by atoms with Crippen LogP contribution in [0.25, 0.3) is 0 Å². The lowest BCUT2D eigenvalue weighted by molar-refractivity contribution is 0.381. The molecular formula is C11H18N4O2. The van der Waals surface area contributed by atoms with Gasteiger partial charge in [-0.05, 0) is 26.3 Å². The van der Waals surface area contributed by atoms with Crippen LogP contribution in [0.3, 0.4) is 0 Å². The predicted octanol–water partition coefficient (Wildman–Crippen LogP) is 0.331. The summed E-state index contributed by atoms with van der Waals surface area (Å²) in [6.45, 7) is 3.16. The smallest absolute Gasteiger partial charge is 0.295 e. The lowest BCUT2D eigenvalue weighted by Gasteiger charge is -2.31. The molecule has 1 aromatic heterocycles. The fourth-order valence-electron chi connectivity index (χ4n) is 2.10. The van der Waals surface area contributed by atoms with Gasteiger partial charge in [0, 0.05) is 12.1 Å². The molecule has 1 fully saturated rings. The van der Waals surface area contributed by atoms with Gasteiger partial charge in [-0.15, -0.1) is 0 Å². The number of aromatic nitrogens is 2. The molecule has 6 nitrogen and oxygen atoms in total. The third-order valence-corrected chi connectivity index (χ3v) is 3.10. The fraction of sp³-hybridized carbons (Fsp3) is 0.636. The molecule has 1 aromatic rings. The molecule has 1 aliphatic heterocycles. The highest BCUT2D eigenvalue weighted by atomic mass is 16.5. The highest BCUT2D eigenvalue weighted by molar-refractivity contribution is 5.48. The molecule has 0 radical (unpaired) electrons. The Morgan fingerprint density at radius 1 is 1.59 bits per heavy atom. The van der Waals surface area contributed by atoms with Gasteiger partial charge in [0.15, 0.2) is 5.82 Å². The minimum absolute atomic E-state index is 0.241. The van der Waals surface area contributed by atoms with E-state index in [1.165, 1.54) is 13.4 Å². The van der Waals surface area contributed by atoms with Gasteiger partial charge in [-0.2, -0.15) is 0 Å². The van der Waals surface area contributed by atoms with Crippen molar-refractivity contribution < 1.29 is 4.74 Å². The van der Waals surface area contributed by atoms with E-state index in [0.29, 0.717) is 11.9 Å². The molecule has 1 aliphatic rings. The van der Waals surface area contributed by atoms with Crippen molar-refractivity contribution in [3.05, 3.63) is 16.7 Å². The van der Waals surface area contributed by atoms with Crippen molar-refractivity contribution in [2.24, 2.45) is 0 Å². The standard InChI is InChI=1S/C11H18N4O2/c1-7-8(4-3-5-12-7)15-10-9(17-2)11(16)14-6-13-10/h6-8,12H,3-5H2,1-2H3,(H2,13,14,15,16). The first kappa shape index (κ1) is 11.9. The number of H-pyrrole nitrogens is 1. The van der Waals surface area contributed by atoms with Gasteiger partial charge in [-0.1, -0.05) is 0 Å². The molecule has 94 valence electrons. The van der Waals surface area contributed by atoms with Gasteiger partial charge >= 0.3 is 0 Å². The molecule has 2 atom stereocenters. The molecule has 0 spiro atoms. The number of aromatic amines is 1. The Kier molecular flexibility index (Phi) is 3.63. The van der Waals surface area contributed by atoms with Crippen molar-refractivity contribution in [3.8, 4) is 5.75 Å². The maximum Gasteiger partial charge on any atom is 0.295 e. The zero-order valence-corrected chi connectivity index (χ0v) is 10.1. The molecule has 0 amide bonds. The summed E-state index contributed by atoms with van der Waals surface area (Å²) in [4.78, 5) is 18.1. The second-order valence-electron chi connectivity index (χ2n) is 4.25. The van der Waals surface area contributed by atoms with Crippen LogP contribution in [0.5, 0.6) is 5.75 Å². The predicted molar refractivity (Wildman–Crippen MR) is 65.5 cm³/mol. The minimum Gasteiger partial charge on any atom is -0.489 e. The molecule has 2 unspecified atom stereocenters. The molecule has 0 aromatic carbocycles. The summed E-state index contributed by atoms with van der Waals surface area (Å²) in [7, 11) is 1.47. The van der Waals surface area contributed by atoms with E-state index in [4.69, 9.17) is 4.74 Å². The molecule has 17 heavy (non-hydrogen) atoms. The Morgan fingerprint density at radius 3 is 3.12 bits per heavy atom. The van der Waals surface area contributed by atoms with E-state index in [0.717, 1.165) is 19.4 Å². The van der Waals surface area contributed by atoms with Crippen LogP contribution in [0.4, 0.5) is 5.82 Å². The number of ether oxygens (including phenoxy) is 1. The maximum atomic E-state index is 11.5. The lowest BCUT2D eigenvalue weighted by atomic mass is 10.00.